The lowest BCUT2D eigenvalue weighted by Crippen LogP contribution is -2.34. The fourth-order valence-corrected chi connectivity index (χ4v) is 6.06. The minimum absolute atomic E-state index is 0.494. The van der Waals surface area contributed by atoms with Crippen LogP contribution in [0.5, 0.6) is 0 Å². The zero-order valence-corrected chi connectivity index (χ0v) is 13.9. The van der Waals surface area contributed by atoms with Gasteiger partial charge >= 0.3 is 0 Å². The van der Waals surface area contributed by atoms with E-state index in [9.17, 15) is 4.79 Å². The van der Waals surface area contributed by atoms with Crippen LogP contribution in [0.2, 0.25) is 0 Å². The molecule has 0 aromatic heterocycles. The van der Waals surface area contributed by atoms with Gasteiger partial charge in [0.2, 0.25) is 0 Å². The molecule has 5 rings (SSSR count). The fourth-order valence-electron chi connectivity index (χ4n) is 6.06. The lowest BCUT2D eigenvalue weighted by molar-refractivity contribution is -0.120. The monoisotopic (exact) mass is 306 g/mol. The molecule has 0 aliphatic heterocycles. The zero-order valence-electron chi connectivity index (χ0n) is 13.9. The summed E-state index contributed by atoms with van der Waals surface area (Å²) in [6, 6.07) is 0. The molecular formula is C22H26O. The second-order valence-corrected chi connectivity index (χ2v) is 8.21. The van der Waals surface area contributed by atoms with E-state index in [1.807, 2.05) is 0 Å². The number of carbonyl (C=O) groups excluding carboxylic acids is 1. The first kappa shape index (κ1) is 14.0. The summed E-state index contributed by atoms with van der Waals surface area (Å²) < 4.78 is 0. The average Bonchev–Trinajstić information content (AvgIpc) is 2.60. The quantitative estimate of drug-likeness (QED) is 0.593. The molecule has 120 valence electrons. The molecule has 0 saturated heterocycles. The number of hydrogen-bond donors (Lipinski definition) is 0. The highest BCUT2D eigenvalue weighted by atomic mass is 16.1. The number of fused-ring (bicyclic) bond motifs is 5. The molecule has 0 amide bonds. The standard InChI is InChI=1S/C22H26O/c23-16-7-10-18-15(13-16)6-9-22-20(18)12-11-19-17-4-2-1-3-14(17)5-8-21(19)22/h2,4,11-12,14-15,21-22H,1,3,5-10,13H2. The molecule has 1 nitrogen and oxygen atoms in total. The van der Waals surface area contributed by atoms with Gasteiger partial charge in [0.1, 0.15) is 5.78 Å². The van der Waals surface area contributed by atoms with Crippen LogP contribution in [0.1, 0.15) is 57.8 Å². The predicted octanol–water partition coefficient (Wildman–Crippen LogP) is 5.30. The largest absolute Gasteiger partial charge is 0.300 e. The third-order valence-electron chi connectivity index (χ3n) is 7.14. The van der Waals surface area contributed by atoms with Crippen molar-refractivity contribution < 1.29 is 4.79 Å². The van der Waals surface area contributed by atoms with Crippen LogP contribution in [0.15, 0.2) is 46.6 Å². The first-order chi connectivity index (χ1) is 11.3. The van der Waals surface area contributed by atoms with Gasteiger partial charge in [-0.15, -0.1) is 0 Å². The lowest BCUT2D eigenvalue weighted by Gasteiger charge is -2.45. The third kappa shape index (κ3) is 2.16. The number of Topliss-reactive ketones (excluding diaryl/α,β-unsaturated/α-hetero) is 1. The van der Waals surface area contributed by atoms with Crippen LogP contribution in [0.4, 0.5) is 0 Å². The molecule has 1 saturated carbocycles. The molecule has 0 bridgehead atoms. The summed E-state index contributed by atoms with van der Waals surface area (Å²) in [5.41, 5.74) is 6.62. The summed E-state index contributed by atoms with van der Waals surface area (Å²) in [5.74, 6) is 3.41. The number of carbonyl (C=O) groups is 1. The van der Waals surface area contributed by atoms with Crippen molar-refractivity contribution in [1.82, 2.24) is 0 Å². The Morgan fingerprint density at radius 2 is 1.52 bits per heavy atom. The molecule has 5 aliphatic rings. The highest BCUT2D eigenvalue weighted by molar-refractivity contribution is 5.81. The molecule has 0 aromatic rings. The normalized spacial score (nSPS) is 38.9. The van der Waals surface area contributed by atoms with E-state index in [-0.39, 0.29) is 0 Å². The first-order valence-electron chi connectivity index (χ1n) is 9.64. The SMILES string of the molecule is O=C1CCC2=C3C=CC4=C5C=CCCC5CCC4C3CCC2C1. The van der Waals surface area contributed by atoms with Crippen molar-refractivity contribution in [3.63, 3.8) is 0 Å². The van der Waals surface area contributed by atoms with Gasteiger partial charge in [0, 0.05) is 12.8 Å². The number of hydrogen-bond acceptors (Lipinski definition) is 1. The van der Waals surface area contributed by atoms with Gasteiger partial charge in [-0.25, -0.2) is 0 Å². The van der Waals surface area contributed by atoms with Crippen LogP contribution in [0.3, 0.4) is 0 Å². The van der Waals surface area contributed by atoms with Crippen molar-refractivity contribution in [3.05, 3.63) is 46.6 Å². The summed E-state index contributed by atoms with van der Waals surface area (Å²) in [6.07, 6.45) is 20.3. The van der Waals surface area contributed by atoms with Gasteiger partial charge in [0.15, 0.2) is 0 Å². The van der Waals surface area contributed by atoms with E-state index in [1.54, 1.807) is 22.3 Å². The summed E-state index contributed by atoms with van der Waals surface area (Å²) in [5, 5.41) is 0. The lowest BCUT2D eigenvalue weighted by atomic mass is 9.59. The molecule has 0 spiro atoms. The number of ketones is 1. The van der Waals surface area contributed by atoms with E-state index >= 15 is 0 Å². The maximum atomic E-state index is 11.8. The molecule has 0 aromatic carbocycles. The van der Waals surface area contributed by atoms with Crippen LogP contribution in [0, 0.1) is 23.7 Å². The Kier molecular flexibility index (Phi) is 3.25. The van der Waals surface area contributed by atoms with Crippen molar-refractivity contribution >= 4 is 5.78 Å². The Morgan fingerprint density at radius 1 is 0.739 bits per heavy atom. The van der Waals surface area contributed by atoms with Gasteiger partial charge in [-0.05, 0) is 85.3 Å². The topological polar surface area (TPSA) is 17.1 Å². The van der Waals surface area contributed by atoms with E-state index in [2.05, 4.69) is 24.3 Å². The summed E-state index contributed by atoms with van der Waals surface area (Å²) in [4.78, 5) is 11.8. The van der Waals surface area contributed by atoms with Crippen LogP contribution in [0.25, 0.3) is 0 Å². The first-order valence-corrected chi connectivity index (χ1v) is 9.64. The predicted molar refractivity (Wildman–Crippen MR) is 92.9 cm³/mol. The highest BCUT2D eigenvalue weighted by Crippen LogP contribution is 2.53. The summed E-state index contributed by atoms with van der Waals surface area (Å²) in [7, 11) is 0. The Labute approximate surface area is 139 Å². The second-order valence-electron chi connectivity index (χ2n) is 8.21. The van der Waals surface area contributed by atoms with E-state index in [0.717, 1.165) is 37.0 Å². The van der Waals surface area contributed by atoms with Crippen molar-refractivity contribution in [2.45, 2.75) is 57.8 Å². The van der Waals surface area contributed by atoms with Crippen molar-refractivity contribution in [2.75, 3.05) is 0 Å². The van der Waals surface area contributed by atoms with Crippen LogP contribution in [-0.4, -0.2) is 5.78 Å². The van der Waals surface area contributed by atoms with Gasteiger partial charge in [0.25, 0.3) is 0 Å². The van der Waals surface area contributed by atoms with Crippen LogP contribution >= 0.6 is 0 Å². The Bertz CT molecular complexity index is 672. The molecule has 0 heterocycles. The van der Waals surface area contributed by atoms with E-state index in [4.69, 9.17) is 0 Å². The molecule has 4 unspecified atom stereocenters. The van der Waals surface area contributed by atoms with Gasteiger partial charge in [-0.2, -0.15) is 0 Å². The summed E-state index contributed by atoms with van der Waals surface area (Å²) in [6.45, 7) is 0. The maximum absolute atomic E-state index is 11.8. The van der Waals surface area contributed by atoms with Crippen molar-refractivity contribution in [3.8, 4) is 0 Å². The fraction of sp³-hybridized carbons (Fsp3) is 0.591. The minimum Gasteiger partial charge on any atom is -0.300 e. The molecule has 0 N–H and O–H groups in total. The van der Waals surface area contributed by atoms with Gasteiger partial charge in [-0.3, -0.25) is 4.79 Å². The molecule has 5 aliphatic carbocycles. The molecule has 1 heteroatoms. The van der Waals surface area contributed by atoms with E-state index in [1.165, 1.54) is 38.5 Å². The molecule has 23 heavy (non-hydrogen) atoms. The van der Waals surface area contributed by atoms with Gasteiger partial charge < -0.3 is 0 Å². The number of rotatable bonds is 0. The van der Waals surface area contributed by atoms with Crippen LogP contribution < -0.4 is 0 Å². The average molecular weight is 306 g/mol. The number of allylic oxidation sites excluding steroid dienone is 8. The van der Waals surface area contributed by atoms with Crippen LogP contribution in [-0.2, 0) is 4.79 Å². The minimum atomic E-state index is 0.494. The van der Waals surface area contributed by atoms with Gasteiger partial charge in [-0.1, -0.05) is 29.9 Å². The third-order valence-corrected chi connectivity index (χ3v) is 7.14. The molecule has 4 atom stereocenters. The van der Waals surface area contributed by atoms with Gasteiger partial charge in [0.05, 0.1) is 0 Å². The molecule has 0 radical (unpaired) electrons. The Morgan fingerprint density at radius 3 is 2.43 bits per heavy atom. The molecular weight excluding hydrogens is 280 g/mol. The second kappa shape index (κ2) is 5.33. The van der Waals surface area contributed by atoms with Crippen molar-refractivity contribution in [2.24, 2.45) is 23.7 Å². The zero-order chi connectivity index (χ0) is 15.4. The summed E-state index contributed by atoms with van der Waals surface area (Å²) >= 11 is 0. The maximum Gasteiger partial charge on any atom is 0.133 e. The molecule has 1 fully saturated rings. The van der Waals surface area contributed by atoms with Crippen molar-refractivity contribution in [1.29, 1.82) is 0 Å². The highest BCUT2D eigenvalue weighted by Gasteiger charge is 2.41. The Hall–Kier alpha value is -1.37. The van der Waals surface area contributed by atoms with E-state index < -0.39 is 0 Å². The smallest absolute Gasteiger partial charge is 0.133 e. The van der Waals surface area contributed by atoms with E-state index in [0.29, 0.717) is 11.7 Å². The Balaban J connectivity index is 1.58.